The molecule has 9 nitrogen and oxygen atoms in total. The normalized spacial score (nSPS) is 17.7. The molecule has 22 heavy (non-hydrogen) atoms. The molecule has 2 amide bonds. The lowest BCUT2D eigenvalue weighted by Gasteiger charge is -2.24. The summed E-state index contributed by atoms with van der Waals surface area (Å²) in [6.45, 7) is 4.29. The Bertz CT molecular complexity index is 470. The van der Waals surface area contributed by atoms with Gasteiger partial charge in [-0.25, -0.2) is 4.79 Å². The highest BCUT2D eigenvalue weighted by Gasteiger charge is 2.35. The first-order chi connectivity index (χ1) is 10.0. The largest absolute Gasteiger partial charge is 0.480 e. The Morgan fingerprint density at radius 2 is 1.82 bits per heavy atom. The van der Waals surface area contributed by atoms with Crippen LogP contribution in [0.25, 0.3) is 0 Å². The smallest absolute Gasteiger partial charge is 0.326 e. The van der Waals surface area contributed by atoms with E-state index in [1.54, 1.807) is 0 Å². The molecule has 6 N–H and O–H groups in total. The Balaban J connectivity index is 4.91. The average Bonchev–Trinajstić information content (AvgIpc) is 2.36. The van der Waals surface area contributed by atoms with Crippen molar-refractivity contribution < 1.29 is 28.9 Å². The molecule has 0 heterocycles. The Labute approximate surface area is 129 Å². The summed E-state index contributed by atoms with van der Waals surface area (Å²) in [6.07, 6.45) is 0.315. The van der Waals surface area contributed by atoms with Gasteiger partial charge in [-0.05, 0) is 13.3 Å². The molecule has 0 bridgehead atoms. The van der Waals surface area contributed by atoms with Crippen LogP contribution in [0.1, 0.15) is 33.6 Å². The summed E-state index contributed by atoms with van der Waals surface area (Å²) in [5, 5.41) is 13.5. The van der Waals surface area contributed by atoms with Gasteiger partial charge in [0.2, 0.25) is 19.2 Å². The third-order valence-corrected chi connectivity index (χ3v) is 5.24. The molecule has 10 heteroatoms. The molecule has 0 spiro atoms. The summed E-state index contributed by atoms with van der Waals surface area (Å²) in [7, 11) is -4.02. The maximum Gasteiger partial charge on any atom is 0.326 e. The molecule has 0 rings (SSSR count). The van der Waals surface area contributed by atoms with Gasteiger partial charge in [0.25, 0.3) is 0 Å². The van der Waals surface area contributed by atoms with Crippen LogP contribution in [-0.2, 0) is 18.9 Å². The quantitative estimate of drug-likeness (QED) is 0.352. The van der Waals surface area contributed by atoms with Crippen molar-refractivity contribution in [2.75, 3.05) is 6.16 Å². The minimum atomic E-state index is -4.02. The summed E-state index contributed by atoms with van der Waals surface area (Å²) in [6, 6.07) is -2.43. The van der Waals surface area contributed by atoms with E-state index in [-0.39, 0.29) is 0 Å². The number of hydrogen-bond acceptors (Lipinski definition) is 5. The SMILES string of the molecule is CCC[C@H](N)C(=O)NC(CP(=O)(O)C(C)NC(C)=O)C(=O)O. The lowest BCUT2D eigenvalue weighted by molar-refractivity contribution is -0.141. The van der Waals surface area contributed by atoms with Crippen LogP contribution in [0, 0.1) is 0 Å². The number of carbonyl (C=O) groups is 3. The van der Waals surface area contributed by atoms with Gasteiger partial charge in [-0.1, -0.05) is 13.3 Å². The van der Waals surface area contributed by atoms with E-state index in [0.717, 1.165) is 0 Å². The zero-order valence-electron chi connectivity index (χ0n) is 12.9. The van der Waals surface area contributed by atoms with E-state index in [1.165, 1.54) is 13.8 Å². The number of hydrogen-bond donors (Lipinski definition) is 5. The van der Waals surface area contributed by atoms with Crippen LogP contribution < -0.4 is 16.4 Å². The van der Waals surface area contributed by atoms with Crippen molar-refractivity contribution in [3.05, 3.63) is 0 Å². The second-order valence-electron chi connectivity index (χ2n) is 5.11. The zero-order valence-corrected chi connectivity index (χ0v) is 13.8. The van der Waals surface area contributed by atoms with Gasteiger partial charge in [-0.3, -0.25) is 14.2 Å². The van der Waals surface area contributed by atoms with Crippen molar-refractivity contribution >= 4 is 25.2 Å². The molecular formula is C12H24N3O6P. The summed E-state index contributed by atoms with van der Waals surface area (Å²) >= 11 is 0. The molecule has 0 aromatic heterocycles. The number of nitrogens with two attached hydrogens (primary N) is 1. The monoisotopic (exact) mass is 337 g/mol. The van der Waals surface area contributed by atoms with Gasteiger partial charge in [-0.15, -0.1) is 0 Å². The predicted octanol–water partition coefficient (Wildman–Crippen LogP) is -0.564. The van der Waals surface area contributed by atoms with Gasteiger partial charge in [0.05, 0.1) is 12.2 Å². The van der Waals surface area contributed by atoms with Crippen LogP contribution in [0.5, 0.6) is 0 Å². The van der Waals surface area contributed by atoms with Crippen LogP contribution in [0.3, 0.4) is 0 Å². The fourth-order valence-electron chi connectivity index (χ4n) is 1.72. The number of aliphatic carboxylic acids is 1. The van der Waals surface area contributed by atoms with Gasteiger partial charge in [0, 0.05) is 6.92 Å². The van der Waals surface area contributed by atoms with E-state index in [4.69, 9.17) is 10.8 Å². The van der Waals surface area contributed by atoms with Crippen LogP contribution in [0.15, 0.2) is 0 Å². The van der Waals surface area contributed by atoms with Gasteiger partial charge in [0.1, 0.15) is 11.8 Å². The third-order valence-electron chi connectivity index (χ3n) is 3.01. The van der Waals surface area contributed by atoms with E-state index >= 15 is 0 Å². The topological polar surface area (TPSA) is 159 Å². The highest BCUT2D eigenvalue weighted by molar-refractivity contribution is 7.58. The molecule has 3 unspecified atom stereocenters. The van der Waals surface area contributed by atoms with Crippen molar-refractivity contribution in [1.29, 1.82) is 0 Å². The molecular weight excluding hydrogens is 313 g/mol. The summed E-state index contributed by atoms with van der Waals surface area (Å²) < 4.78 is 12.1. The highest BCUT2D eigenvalue weighted by atomic mass is 31.2. The van der Waals surface area contributed by atoms with Crippen LogP contribution in [0.2, 0.25) is 0 Å². The van der Waals surface area contributed by atoms with Crippen molar-refractivity contribution in [3.63, 3.8) is 0 Å². The molecule has 0 saturated carbocycles. The second kappa shape index (κ2) is 8.87. The van der Waals surface area contributed by atoms with E-state index in [0.29, 0.717) is 12.8 Å². The molecule has 0 aliphatic rings. The summed E-state index contributed by atoms with van der Waals surface area (Å²) in [5.41, 5.74) is 5.57. The van der Waals surface area contributed by atoms with Crippen molar-refractivity contribution in [2.24, 2.45) is 5.73 Å². The minimum Gasteiger partial charge on any atom is -0.480 e. The molecule has 0 aromatic carbocycles. The standard InChI is InChI=1S/C12H24N3O6P/c1-4-5-9(13)11(17)15-10(12(18)19)6-22(20,21)8(3)14-7(2)16/h8-10H,4-6,13H2,1-3H3,(H,14,16)(H,15,17)(H,18,19)(H,20,21)/t8?,9-,10?/m0/s1. The van der Waals surface area contributed by atoms with Crippen molar-refractivity contribution in [3.8, 4) is 0 Å². The number of amides is 2. The van der Waals surface area contributed by atoms with E-state index < -0.39 is 49.2 Å². The lowest BCUT2D eigenvalue weighted by Crippen LogP contribution is -2.50. The molecule has 0 aromatic rings. The zero-order chi connectivity index (χ0) is 17.5. The third kappa shape index (κ3) is 7.02. The highest BCUT2D eigenvalue weighted by Crippen LogP contribution is 2.45. The molecule has 128 valence electrons. The first-order valence-corrected chi connectivity index (χ1v) is 8.80. The molecule has 0 fully saturated rings. The van der Waals surface area contributed by atoms with E-state index in [1.807, 2.05) is 6.92 Å². The average molecular weight is 337 g/mol. The molecule has 0 saturated heterocycles. The van der Waals surface area contributed by atoms with Crippen molar-refractivity contribution in [2.45, 2.75) is 51.5 Å². The van der Waals surface area contributed by atoms with Gasteiger partial charge < -0.3 is 26.4 Å². The number of carboxylic acids is 1. The fraction of sp³-hybridized carbons (Fsp3) is 0.750. The lowest BCUT2D eigenvalue weighted by atomic mass is 10.1. The Morgan fingerprint density at radius 3 is 2.23 bits per heavy atom. The molecule has 4 atom stereocenters. The van der Waals surface area contributed by atoms with E-state index in [2.05, 4.69) is 10.6 Å². The van der Waals surface area contributed by atoms with Gasteiger partial charge >= 0.3 is 5.97 Å². The Hall–Kier alpha value is -1.44. The minimum absolute atomic E-state index is 0.372. The van der Waals surface area contributed by atoms with Crippen LogP contribution in [-0.4, -0.2) is 51.8 Å². The summed E-state index contributed by atoms with van der Waals surface area (Å²) in [5.74, 6) is -3.77. The van der Waals surface area contributed by atoms with Gasteiger partial charge in [-0.2, -0.15) is 0 Å². The maximum absolute atomic E-state index is 12.1. The molecule has 0 radical (unpaired) electrons. The molecule has 0 aliphatic heterocycles. The van der Waals surface area contributed by atoms with Crippen LogP contribution in [0.4, 0.5) is 0 Å². The predicted molar refractivity (Wildman–Crippen MR) is 80.4 cm³/mol. The van der Waals surface area contributed by atoms with Crippen molar-refractivity contribution in [1.82, 2.24) is 10.6 Å². The maximum atomic E-state index is 12.1. The molecule has 0 aliphatic carbocycles. The number of carboxylic acid groups (broad SMARTS) is 1. The second-order valence-corrected chi connectivity index (χ2v) is 7.76. The number of carbonyl (C=O) groups excluding carboxylic acids is 2. The number of rotatable bonds is 9. The number of nitrogens with one attached hydrogen (secondary N) is 2. The Kier molecular flexibility index (Phi) is 8.29. The van der Waals surface area contributed by atoms with Crippen LogP contribution >= 0.6 is 7.37 Å². The van der Waals surface area contributed by atoms with Gasteiger partial charge in [0.15, 0.2) is 0 Å². The fourth-order valence-corrected chi connectivity index (χ4v) is 3.19. The Morgan fingerprint density at radius 1 is 1.27 bits per heavy atom. The first-order valence-electron chi connectivity index (χ1n) is 6.88. The summed E-state index contributed by atoms with van der Waals surface area (Å²) in [4.78, 5) is 43.7. The van der Waals surface area contributed by atoms with E-state index in [9.17, 15) is 23.8 Å². The first kappa shape index (κ1) is 20.6.